The first kappa shape index (κ1) is 11.9. The van der Waals surface area contributed by atoms with Gasteiger partial charge in [-0.3, -0.25) is 19.0 Å². The lowest BCUT2D eigenvalue weighted by molar-refractivity contribution is -0.119. The van der Waals surface area contributed by atoms with Crippen LogP contribution in [-0.4, -0.2) is 22.3 Å². The third kappa shape index (κ3) is 1.68. The maximum Gasteiger partial charge on any atom is 0.275 e. The second kappa shape index (κ2) is 4.03. The van der Waals surface area contributed by atoms with E-state index in [1.165, 1.54) is 0 Å². The number of nitrogens with one attached hydrogen (secondary N) is 1. The highest BCUT2D eigenvalue weighted by Gasteiger charge is 2.19. The van der Waals surface area contributed by atoms with Crippen molar-refractivity contribution in [3.8, 4) is 0 Å². The number of amides is 1. The van der Waals surface area contributed by atoms with Crippen LogP contribution in [0.1, 0.15) is 10.4 Å². The van der Waals surface area contributed by atoms with Gasteiger partial charge >= 0.3 is 0 Å². The number of rotatable bonds is 2. The lowest BCUT2D eigenvalue weighted by Gasteiger charge is -1.99. The summed E-state index contributed by atoms with van der Waals surface area (Å²) in [5.74, 6) is -0.0706. The van der Waals surface area contributed by atoms with Gasteiger partial charge < -0.3 is 5.32 Å². The van der Waals surface area contributed by atoms with Crippen molar-refractivity contribution in [2.75, 3.05) is 7.05 Å². The van der Waals surface area contributed by atoms with E-state index in [2.05, 4.69) is 5.32 Å². The largest absolute Gasteiger partial charge is 0.359 e. The number of carbonyl (C=O) groups is 1. The van der Waals surface area contributed by atoms with Crippen LogP contribution >= 0.6 is 11.3 Å². The van der Waals surface area contributed by atoms with Gasteiger partial charge in [0.15, 0.2) is 0 Å². The van der Waals surface area contributed by atoms with Gasteiger partial charge in [-0.2, -0.15) is 0 Å². The number of aryl methyl sites for hydroxylation is 2. The third-order valence-corrected chi connectivity index (χ3v) is 4.27. The zero-order chi connectivity index (χ0) is 12.7. The molecule has 0 radical (unpaired) electrons. The monoisotopic (exact) mass is 253 g/mol. The van der Waals surface area contributed by atoms with Gasteiger partial charge in [0, 0.05) is 26.0 Å². The number of aromatic nitrogens is 2. The summed E-state index contributed by atoms with van der Waals surface area (Å²) in [4.78, 5) is 25.5. The number of hydrogen-bond donors (Lipinski definition) is 1. The van der Waals surface area contributed by atoms with Crippen molar-refractivity contribution in [3.05, 3.63) is 20.8 Å². The van der Waals surface area contributed by atoms with Gasteiger partial charge in [-0.15, -0.1) is 11.3 Å². The van der Waals surface area contributed by atoms with Crippen molar-refractivity contribution in [1.82, 2.24) is 14.7 Å². The maximum atomic E-state index is 12.1. The fourth-order valence-electron chi connectivity index (χ4n) is 1.91. The van der Waals surface area contributed by atoms with Crippen LogP contribution in [0.2, 0.25) is 0 Å². The van der Waals surface area contributed by atoms with E-state index in [1.807, 2.05) is 18.7 Å². The van der Waals surface area contributed by atoms with E-state index in [4.69, 9.17) is 0 Å². The summed E-state index contributed by atoms with van der Waals surface area (Å²) >= 11 is 1.55. The Morgan fingerprint density at radius 1 is 1.35 bits per heavy atom. The first-order valence-electron chi connectivity index (χ1n) is 5.32. The van der Waals surface area contributed by atoms with Crippen LogP contribution in [0.3, 0.4) is 0 Å². The summed E-state index contributed by atoms with van der Waals surface area (Å²) in [5, 5.41) is 3.27. The Balaban J connectivity index is 2.70. The second-order valence-corrected chi connectivity index (χ2v) is 5.22. The van der Waals surface area contributed by atoms with Gasteiger partial charge in [0.25, 0.3) is 5.56 Å². The number of nitrogens with zero attached hydrogens (tertiary/aromatic N) is 2. The molecule has 0 spiro atoms. The van der Waals surface area contributed by atoms with Gasteiger partial charge in [-0.25, -0.2) is 0 Å². The summed E-state index contributed by atoms with van der Waals surface area (Å²) in [6, 6.07) is 0. The third-order valence-electron chi connectivity index (χ3n) is 3.06. The minimum absolute atomic E-state index is 0.0363. The Morgan fingerprint density at radius 2 is 2.00 bits per heavy atom. The molecule has 0 aromatic carbocycles. The average Bonchev–Trinajstić information content (AvgIpc) is 2.72. The SMILES string of the molecule is CNC(=O)Cc1c(C)sc2c1c(=O)n(C)n2C. The lowest BCUT2D eigenvalue weighted by atomic mass is 10.1. The summed E-state index contributed by atoms with van der Waals surface area (Å²) in [5.41, 5.74) is 0.816. The van der Waals surface area contributed by atoms with Crippen LogP contribution in [0.15, 0.2) is 4.79 Å². The van der Waals surface area contributed by atoms with Crippen molar-refractivity contribution in [2.45, 2.75) is 13.3 Å². The zero-order valence-electron chi connectivity index (χ0n) is 10.3. The van der Waals surface area contributed by atoms with E-state index >= 15 is 0 Å². The molecular weight excluding hydrogens is 238 g/mol. The predicted molar refractivity (Wildman–Crippen MR) is 68.5 cm³/mol. The molecule has 17 heavy (non-hydrogen) atoms. The molecule has 1 amide bonds. The number of hydrogen-bond acceptors (Lipinski definition) is 3. The molecule has 2 heterocycles. The summed E-state index contributed by atoms with van der Waals surface area (Å²) in [6.45, 7) is 1.95. The van der Waals surface area contributed by atoms with Crippen molar-refractivity contribution < 1.29 is 4.79 Å². The molecule has 5 nitrogen and oxygen atoms in total. The van der Waals surface area contributed by atoms with E-state index in [-0.39, 0.29) is 17.9 Å². The van der Waals surface area contributed by atoms with Gasteiger partial charge in [0.1, 0.15) is 4.83 Å². The molecule has 0 fully saturated rings. The Kier molecular flexibility index (Phi) is 2.82. The highest BCUT2D eigenvalue weighted by molar-refractivity contribution is 7.18. The van der Waals surface area contributed by atoms with Gasteiger partial charge in [-0.1, -0.05) is 0 Å². The Bertz CT molecular complexity index is 648. The Morgan fingerprint density at radius 3 is 2.59 bits per heavy atom. The molecule has 6 heteroatoms. The fraction of sp³-hybridized carbons (Fsp3) is 0.455. The normalized spacial score (nSPS) is 11.1. The van der Waals surface area contributed by atoms with Crippen LogP contribution in [0.25, 0.3) is 10.2 Å². The first-order valence-corrected chi connectivity index (χ1v) is 6.13. The van der Waals surface area contributed by atoms with Gasteiger partial charge in [0.2, 0.25) is 5.91 Å². The highest BCUT2D eigenvalue weighted by atomic mass is 32.1. The van der Waals surface area contributed by atoms with E-state index in [1.54, 1.807) is 30.1 Å². The molecule has 0 bridgehead atoms. The summed E-state index contributed by atoms with van der Waals surface area (Å²) < 4.78 is 3.39. The zero-order valence-corrected chi connectivity index (χ0v) is 11.1. The molecule has 0 saturated heterocycles. The van der Waals surface area contributed by atoms with Crippen molar-refractivity contribution >= 4 is 27.5 Å². The molecule has 0 atom stereocenters. The smallest absolute Gasteiger partial charge is 0.275 e. The minimum atomic E-state index is -0.0706. The van der Waals surface area contributed by atoms with Crippen molar-refractivity contribution in [2.24, 2.45) is 14.1 Å². The quantitative estimate of drug-likeness (QED) is 0.849. The van der Waals surface area contributed by atoms with Crippen molar-refractivity contribution in [3.63, 3.8) is 0 Å². The molecule has 0 aliphatic carbocycles. The number of carbonyl (C=O) groups excluding carboxylic acids is 1. The van der Waals surface area contributed by atoms with Gasteiger partial charge in [-0.05, 0) is 12.5 Å². The van der Waals surface area contributed by atoms with Crippen molar-refractivity contribution in [1.29, 1.82) is 0 Å². The predicted octanol–water partition coefficient (Wildman–Crippen LogP) is 0.535. The molecule has 2 rings (SSSR count). The molecular formula is C11H15N3O2S. The number of fused-ring (bicyclic) bond motifs is 1. The average molecular weight is 253 g/mol. The molecule has 1 N–H and O–H groups in total. The lowest BCUT2D eigenvalue weighted by Crippen LogP contribution is -2.21. The van der Waals surface area contributed by atoms with Crippen LogP contribution in [-0.2, 0) is 25.3 Å². The summed E-state index contributed by atoms with van der Waals surface area (Å²) in [7, 11) is 5.18. The Hall–Kier alpha value is -1.56. The van der Waals surface area contributed by atoms with E-state index < -0.39 is 0 Å². The second-order valence-electron chi connectivity index (χ2n) is 4.02. The minimum Gasteiger partial charge on any atom is -0.359 e. The van der Waals surface area contributed by atoms with E-state index in [0.717, 1.165) is 15.3 Å². The topological polar surface area (TPSA) is 56.0 Å². The highest BCUT2D eigenvalue weighted by Crippen LogP contribution is 2.28. The van der Waals surface area contributed by atoms with E-state index in [9.17, 15) is 9.59 Å². The molecule has 0 saturated carbocycles. The molecule has 92 valence electrons. The molecule has 0 aliphatic rings. The number of thiophene rings is 1. The molecule has 2 aromatic rings. The summed E-state index contributed by atoms with van der Waals surface area (Å²) in [6.07, 6.45) is 0.265. The van der Waals surface area contributed by atoms with Crippen LogP contribution in [0.4, 0.5) is 0 Å². The standard InChI is InChI=1S/C11H15N3O2S/c1-6-7(5-8(15)12-2)9-10(16)13(3)14(4)11(9)17-6/h5H2,1-4H3,(H,12,15). The van der Waals surface area contributed by atoms with E-state index in [0.29, 0.717) is 5.39 Å². The van der Waals surface area contributed by atoms with Crippen LogP contribution in [0.5, 0.6) is 0 Å². The van der Waals surface area contributed by atoms with Crippen LogP contribution in [0, 0.1) is 6.92 Å². The number of likely N-dealkylation sites (N-methyl/N-ethyl adjacent to an activating group) is 1. The first-order chi connectivity index (χ1) is 7.97. The molecule has 2 aromatic heterocycles. The Labute approximate surface area is 103 Å². The molecule has 0 aliphatic heterocycles. The van der Waals surface area contributed by atoms with Gasteiger partial charge in [0.05, 0.1) is 11.8 Å². The maximum absolute atomic E-state index is 12.1. The fourth-order valence-corrected chi connectivity index (χ4v) is 3.06. The van der Waals surface area contributed by atoms with Crippen LogP contribution < -0.4 is 10.9 Å². The molecule has 0 unspecified atom stereocenters.